The van der Waals surface area contributed by atoms with Crippen LogP contribution in [0.15, 0.2) is 60.7 Å². The summed E-state index contributed by atoms with van der Waals surface area (Å²) >= 11 is 0. The maximum Gasteiger partial charge on any atom is 0.254 e. The fraction of sp³-hybridized carbons (Fsp3) is 0.364. The topological polar surface area (TPSA) is 40.6 Å². The number of amides is 2. The van der Waals surface area contributed by atoms with Gasteiger partial charge in [-0.3, -0.25) is 9.59 Å². The smallest absolute Gasteiger partial charge is 0.254 e. The molecule has 2 fully saturated rings. The Hall–Kier alpha value is -2.62. The molecule has 4 heteroatoms. The van der Waals surface area contributed by atoms with Gasteiger partial charge in [-0.15, -0.1) is 0 Å². The number of rotatable bonds is 2. The minimum absolute atomic E-state index is 0.0710. The van der Waals surface area contributed by atoms with Gasteiger partial charge in [-0.1, -0.05) is 36.4 Å². The van der Waals surface area contributed by atoms with Gasteiger partial charge in [0.2, 0.25) is 0 Å². The summed E-state index contributed by atoms with van der Waals surface area (Å²) in [4.78, 5) is 29.8. The third-order valence-corrected chi connectivity index (χ3v) is 5.69. The molecule has 2 aliphatic heterocycles. The summed E-state index contributed by atoms with van der Waals surface area (Å²) in [5.41, 5.74) is 1.46. The molecule has 2 heterocycles. The Kier molecular flexibility index (Phi) is 4.74. The molecule has 0 spiro atoms. The Balaban J connectivity index is 1.54. The Morgan fingerprint density at radius 2 is 1.38 bits per heavy atom. The third kappa shape index (κ3) is 3.24. The number of carbonyl (C=O) groups is 2. The molecule has 2 aliphatic rings. The first kappa shape index (κ1) is 16.8. The molecule has 0 radical (unpaired) electrons. The van der Waals surface area contributed by atoms with Crippen LogP contribution in [-0.2, 0) is 0 Å². The van der Waals surface area contributed by atoms with Gasteiger partial charge in [0.15, 0.2) is 0 Å². The van der Waals surface area contributed by atoms with Crippen molar-refractivity contribution in [2.24, 2.45) is 5.92 Å². The molecule has 2 saturated heterocycles. The van der Waals surface area contributed by atoms with Crippen LogP contribution in [0.4, 0.5) is 0 Å². The van der Waals surface area contributed by atoms with E-state index >= 15 is 0 Å². The Bertz CT molecular complexity index is 775. The van der Waals surface area contributed by atoms with Crippen LogP contribution in [0, 0.1) is 5.92 Å². The highest BCUT2D eigenvalue weighted by molar-refractivity contribution is 5.95. The molecule has 2 atom stereocenters. The minimum Gasteiger partial charge on any atom is -0.337 e. The highest BCUT2D eigenvalue weighted by Gasteiger charge is 2.39. The van der Waals surface area contributed by atoms with Crippen LogP contribution < -0.4 is 0 Å². The molecule has 4 nitrogen and oxygen atoms in total. The first-order valence-electron chi connectivity index (χ1n) is 9.44. The van der Waals surface area contributed by atoms with Crippen molar-refractivity contribution in [1.29, 1.82) is 0 Å². The van der Waals surface area contributed by atoms with E-state index in [-0.39, 0.29) is 17.9 Å². The van der Waals surface area contributed by atoms with E-state index in [9.17, 15) is 9.59 Å². The normalized spacial score (nSPS) is 22.6. The van der Waals surface area contributed by atoms with E-state index < -0.39 is 0 Å². The monoisotopic (exact) mass is 348 g/mol. The highest BCUT2D eigenvalue weighted by Crippen LogP contribution is 2.32. The van der Waals surface area contributed by atoms with E-state index in [1.165, 1.54) is 0 Å². The molecule has 0 saturated carbocycles. The van der Waals surface area contributed by atoms with Crippen LogP contribution in [0.3, 0.4) is 0 Å². The zero-order valence-corrected chi connectivity index (χ0v) is 14.9. The van der Waals surface area contributed by atoms with Gasteiger partial charge in [-0.25, -0.2) is 0 Å². The third-order valence-electron chi connectivity index (χ3n) is 5.69. The average molecular weight is 348 g/mol. The lowest BCUT2D eigenvalue weighted by Crippen LogP contribution is -2.58. The number of benzene rings is 2. The standard InChI is InChI=1S/C22H24N2O2/c25-21(18-8-3-1-4-9-18)23-15-13-17-12-7-14-24(20(17)16-23)22(26)19-10-5-2-6-11-19/h1-6,8-11,17,20H,7,12-16H2/t17-,20+/m1/s1. The van der Waals surface area contributed by atoms with Gasteiger partial charge in [-0.05, 0) is 49.4 Å². The SMILES string of the molecule is O=C(c1ccccc1)N1CC[C@H]2CCCN(C(=O)c3ccccc3)[C@H]2C1. The zero-order valence-electron chi connectivity index (χ0n) is 14.9. The second-order valence-electron chi connectivity index (χ2n) is 7.24. The van der Waals surface area contributed by atoms with Gasteiger partial charge in [0, 0.05) is 30.8 Å². The predicted octanol–water partition coefficient (Wildman–Crippen LogP) is 3.45. The van der Waals surface area contributed by atoms with Crippen molar-refractivity contribution in [3.8, 4) is 0 Å². The van der Waals surface area contributed by atoms with Crippen LogP contribution >= 0.6 is 0 Å². The lowest BCUT2D eigenvalue weighted by Gasteiger charge is -2.47. The second-order valence-corrected chi connectivity index (χ2v) is 7.24. The molecule has 0 aliphatic carbocycles. The number of nitrogens with zero attached hydrogens (tertiary/aromatic N) is 2. The lowest BCUT2D eigenvalue weighted by atomic mass is 9.83. The summed E-state index contributed by atoms with van der Waals surface area (Å²) in [7, 11) is 0. The molecule has 134 valence electrons. The number of hydrogen-bond donors (Lipinski definition) is 0. The maximum absolute atomic E-state index is 13.0. The highest BCUT2D eigenvalue weighted by atomic mass is 16.2. The number of carbonyl (C=O) groups excluding carboxylic acids is 2. The predicted molar refractivity (Wildman–Crippen MR) is 101 cm³/mol. The van der Waals surface area contributed by atoms with Gasteiger partial charge in [-0.2, -0.15) is 0 Å². The van der Waals surface area contributed by atoms with Crippen LogP contribution in [-0.4, -0.2) is 47.3 Å². The molecule has 0 aromatic heterocycles. The van der Waals surface area contributed by atoms with Crippen LogP contribution in [0.5, 0.6) is 0 Å². The maximum atomic E-state index is 13.0. The van der Waals surface area contributed by atoms with Crippen molar-refractivity contribution in [3.05, 3.63) is 71.8 Å². The molecular weight excluding hydrogens is 324 g/mol. The molecule has 26 heavy (non-hydrogen) atoms. The Labute approximate surface area is 154 Å². The largest absolute Gasteiger partial charge is 0.337 e. The van der Waals surface area contributed by atoms with Crippen LogP contribution in [0.25, 0.3) is 0 Å². The fourth-order valence-electron chi connectivity index (χ4n) is 4.31. The Morgan fingerprint density at radius 3 is 2.04 bits per heavy atom. The van der Waals surface area contributed by atoms with Crippen molar-refractivity contribution in [3.63, 3.8) is 0 Å². The first-order valence-corrected chi connectivity index (χ1v) is 9.44. The van der Waals surface area contributed by atoms with Crippen molar-refractivity contribution >= 4 is 11.8 Å². The average Bonchev–Trinajstić information content (AvgIpc) is 2.73. The number of hydrogen-bond acceptors (Lipinski definition) is 2. The van der Waals surface area contributed by atoms with Crippen molar-refractivity contribution < 1.29 is 9.59 Å². The van der Waals surface area contributed by atoms with Gasteiger partial charge in [0.1, 0.15) is 0 Å². The van der Waals surface area contributed by atoms with Crippen LogP contribution in [0.1, 0.15) is 40.0 Å². The summed E-state index contributed by atoms with van der Waals surface area (Å²) in [5, 5.41) is 0. The Morgan fingerprint density at radius 1 is 0.769 bits per heavy atom. The molecule has 0 unspecified atom stereocenters. The van der Waals surface area contributed by atoms with Gasteiger partial charge in [0.25, 0.3) is 11.8 Å². The summed E-state index contributed by atoms with van der Waals surface area (Å²) in [5.74, 6) is 0.660. The first-order chi connectivity index (χ1) is 12.7. The van der Waals surface area contributed by atoms with Crippen molar-refractivity contribution in [2.45, 2.75) is 25.3 Å². The summed E-state index contributed by atoms with van der Waals surface area (Å²) in [6.07, 6.45) is 3.17. The number of fused-ring (bicyclic) bond motifs is 1. The van der Waals surface area contributed by atoms with Gasteiger partial charge in [0.05, 0.1) is 6.04 Å². The molecule has 0 N–H and O–H groups in total. The molecule has 2 amide bonds. The van der Waals surface area contributed by atoms with E-state index in [0.717, 1.165) is 43.5 Å². The molecule has 4 rings (SSSR count). The zero-order chi connectivity index (χ0) is 17.9. The van der Waals surface area contributed by atoms with Gasteiger partial charge < -0.3 is 9.80 Å². The molecule has 2 aromatic rings. The summed E-state index contributed by atoms with van der Waals surface area (Å²) < 4.78 is 0. The fourth-order valence-corrected chi connectivity index (χ4v) is 4.31. The van der Waals surface area contributed by atoms with Gasteiger partial charge >= 0.3 is 0 Å². The summed E-state index contributed by atoms with van der Waals surface area (Å²) in [6.45, 7) is 2.20. The van der Waals surface area contributed by atoms with Crippen molar-refractivity contribution in [2.75, 3.05) is 19.6 Å². The van der Waals surface area contributed by atoms with E-state index in [0.29, 0.717) is 12.5 Å². The molecular formula is C22H24N2O2. The minimum atomic E-state index is 0.0710. The number of likely N-dealkylation sites (tertiary alicyclic amines) is 2. The van der Waals surface area contributed by atoms with E-state index in [4.69, 9.17) is 0 Å². The van der Waals surface area contributed by atoms with Crippen molar-refractivity contribution in [1.82, 2.24) is 9.80 Å². The van der Waals surface area contributed by atoms with E-state index in [2.05, 4.69) is 0 Å². The quantitative estimate of drug-likeness (QED) is 0.834. The van der Waals surface area contributed by atoms with E-state index in [1.54, 1.807) is 0 Å². The second kappa shape index (κ2) is 7.32. The lowest BCUT2D eigenvalue weighted by molar-refractivity contribution is 0.0176. The van der Waals surface area contributed by atoms with Crippen LogP contribution in [0.2, 0.25) is 0 Å². The molecule has 2 aromatic carbocycles. The number of piperidine rings is 2. The van der Waals surface area contributed by atoms with E-state index in [1.807, 2.05) is 70.5 Å². The molecule has 0 bridgehead atoms. The summed E-state index contributed by atoms with van der Waals surface area (Å²) in [6, 6.07) is 19.0.